The molecule has 1 aromatic carbocycles. The van der Waals surface area contributed by atoms with Crippen LogP contribution in [0.5, 0.6) is 0 Å². The summed E-state index contributed by atoms with van der Waals surface area (Å²) in [5, 5.41) is 10.5. The summed E-state index contributed by atoms with van der Waals surface area (Å²) in [6.45, 7) is 5.82. The third-order valence-corrected chi connectivity index (χ3v) is 5.73. The van der Waals surface area contributed by atoms with E-state index in [-0.39, 0.29) is 18.5 Å². The van der Waals surface area contributed by atoms with Gasteiger partial charge in [-0.25, -0.2) is 15.0 Å². The van der Waals surface area contributed by atoms with Crippen LogP contribution >= 0.6 is 0 Å². The first kappa shape index (κ1) is 23.3. The summed E-state index contributed by atoms with van der Waals surface area (Å²) in [5.74, 6) is 0.868. The number of carbonyl (C=O) groups is 1. The van der Waals surface area contributed by atoms with E-state index in [4.69, 9.17) is 5.73 Å². The Morgan fingerprint density at radius 3 is 2.53 bits per heavy atom. The predicted octanol–water partition coefficient (Wildman–Crippen LogP) is 3.64. The average molecular weight is 457 g/mol. The molecule has 2 atom stereocenters. The minimum Gasteiger partial charge on any atom is -0.393 e. The molecule has 0 radical (unpaired) electrons. The molecule has 34 heavy (non-hydrogen) atoms. The smallest absolute Gasteiger partial charge is 0.254 e. The minimum atomic E-state index is -0.442. The maximum absolute atomic E-state index is 13.7. The lowest BCUT2D eigenvalue weighted by Crippen LogP contribution is -2.34. The molecule has 0 saturated carbocycles. The van der Waals surface area contributed by atoms with E-state index >= 15 is 0 Å². The Balaban J connectivity index is 1.68. The summed E-state index contributed by atoms with van der Waals surface area (Å²) >= 11 is 0. The first-order chi connectivity index (χ1) is 16.3. The number of aromatic nitrogens is 4. The highest BCUT2D eigenvalue weighted by molar-refractivity contribution is 5.98. The third kappa shape index (κ3) is 5.18. The summed E-state index contributed by atoms with van der Waals surface area (Å²) in [5.41, 5.74) is 9.74. The van der Waals surface area contributed by atoms with Crippen molar-refractivity contribution >= 4 is 22.6 Å². The molecule has 3 N–H and O–H groups in total. The van der Waals surface area contributed by atoms with E-state index in [1.54, 1.807) is 42.5 Å². The van der Waals surface area contributed by atoms with Crippen molar-refractivity contribution in [1.82, 2.24) is 24.8 Å². The number of pyridine rings is 2. The van der Waals surface area contributed by atoms with Crippen LogP contribution in [-0.4, -0.2) is 42.0 Å². The minimum absolute atomic E-state index is 0.161. The van der Waals surface area contributed by atoms with Crippen molar-refractivity contribution in [1.29, 1.82) is 0 Å². The lowest BCUT2D eigenvalue weighted by Gasteiger charge is -2.28. The molecule has 3 heterocycles. The van der Waals surface area contributed by atoms with Crippen molar-refractivity contribution in [2.45, 2.75) is 45.9 Å². The molecule has 4 rings (SSSR count). The van der Waals surface area contributed by atoms with Crippen molar-refractivity contribution < 1.29 is 9.90 Å². The largest absolute Gasteiger partial charge is 0.393 e. The SMILES string of the molecule is Cc1cc2cc(C(=O)N(Cc3ccc(CC(C)O)cn3)[C@H](C)c3ncccn3)ccc2nc1N. The van der Waals surface area contributed by atoms with E-state index in [1.807, 2.05) is 44.2 Å². The standard InChI is InChI=1S/C26H28N6O2/c1-16-11-21-13-20(6-8-23(21)31-24(16)27)26(34)32(18(3)25-28-9-4-10-29-25)15-22-7-5-19(14-30-22)12-17(2)33/h4-11,13-14,17-18,33H,12,15H2,1-3H3,(H2,27,31)/t17?,18-/m1/s1. The summed E-state index contributed by atoms with van der Waals surface area (Å²) in [6, 6.07) is 12.5. The fourth-order valence-electron chi connectivity index (χ4n) is 3.83. The number of amides is 1. The Morgan fingerprint density at radius 2 is 1.85 bits per heavy atom. The Labute approximate surface area is 198 Å². The van der Waals surface area contributed by atoms with Gasteiger partial charge in [-0.05, 0) is 74.7 Å². The number of aliphatic hydroxyl groups excluding tert-OH is 1. The lowest BCUT2D eigenvalue weighted by atomic mass is 10.1. The van der Waals surface area contributed by atoms with Crippen LogP contribution in [0.3, 0.4) is 0 Å². The van der Waals surface area contributed by atoms with E-state index in [0.29, 0.717) is 23.6 Å². The number of hydrogen-bond donors (Lipinski definition) is 2. The van der Waals surface area contributed by atoms with Crippen LogP contribution in [0.1, 0.15) is 52.9 Å². The van der Waals surface area contributed by atoms with Crippen molar-refractivity contribution in [3.05, 3.63) is 89.3 Å². The average Bonchev–Trinajstić information content (AvgIpc) is 2.83. The van der Waals surface area contributed by atoms with Gasteiger partial charge < -0.3 is 15.7 Å². The van der Waals surface area contributed by atoms with E-state index in [2.05, 4.69) is 19.9 Å². The summed E-state index contributed by atoms with van der Waals surface area (Å²) in [4.78, 5) is 33.1. The number of anilines is 1. The first-order valence-corrected chi connectivity index (χ1v) is 11.2. The highest BCUT2D eigenvalue weighted by Gasteiger charge is 2.25. The molecule has 1 unspecified atom stereocenters. The van der Waals surface area contributed by atoms with E-state index in [9.17, 15) is 9.90 Å². The Morgan fingerprint density at radius 1 is 1.09 bits per heavy atom. The van der Waals surface area contributed by atoms with Crippen molar-refractivity contribution in [3.8, 4) is 0 Å². The van der Waals surface area contributed by atoms with Crippen molar-refractivity contribution in [2.75, 3.05) is 5.73 Å². The Hall–Kier alpha value is -3.91. The van der Waals surface area contributed by atoms with E-state index < -0.39 is 6.10 Å². The zero-order valence-electron chi connectivity index (χ0n) is 19.5. The molecule has 0 aliphatic heterocycles. The molecule has 0 bridgehead atoms. The second-order valence-electron chi connectivity index (χ2n) is 8.52. The maximum Gasteiger partial charge on any atom is 0.254 e. The van der Waals surface area contributed by atoms with Gasteiger partial charge in [0.15, 0.2) is 0 Å². The first-order valence-electron chi connectivity index (χ1n) is 11.2. The van der Waals surface area contributed by atoms with E-state index in [0.717, 1.165) is 27.7 Å². The van der Waals surface area contributed by atoms with Gasteiger partial charge in [-0.15, -0.1) is 0 Å². The predicted molar refractivity (Wildman–Crippen MR) is 131 cm³/mol. The summed E-state index contributed by atoms with van der Waals surface area (Å²) in [7, 11) is 0. The summed E-state index contributed by atoms with van der Waals surface area (Å²) < 4.78 is 0. The molecule has 174 valence electrons. The number of benzene rings is 1. The molecule has 0 aliphatic carbocycles. The van der Waals surface area contributed by atoms with Crippen LogP contribution < -0.4 is 5.73 Å². The molecule has 8 heteroatoms. The Kier molecular flexibility index (Phi) is 6.79. The van der Waals surface area contributed by atoms with Gasteiger partial charge in [0.05, 0.1) is 29.9 Å². The maximum atomic E-state index is 13.7. The molecular weight excluding hydrogens is 428 g/mol. The summed E-state index contributed by atoms with van der Waals surface area (Å²) in [6.07, 6.45) is 5.16. The lowest BCUT2D eigenvalue weighted by molar-refractivity contribution is 0.0663. The highest BCUT2D eigenvalue weighted by atomic mass is 16.3. The van der Waals surface area contributed by atoms with Gasteiger partial charge in [-0.1, -0.05) is 6.07 Å². The van der Waals surface area contributed by atoms with Crippen LogP contribution in [0.4, 0.5) is 5.82 Å². The molecule has 3 aromatic heterocycles. The quantitative estimate of drug-likeness (QED) is 0.436. The van der Waals surface area contributed by atoms with Gasteiger partial charge in [0, 0.05) is 29.5 Å². The van der Waals surface area contributed by atoms with Crippen LogP contribution in [0, 0.1) is 6.92 Å². The zero-order valence-corrected chi connectivity index (χ0v) is 19.5. The molecular formula is C26H28N6O2. The van der Waals surface area contributed by atoms with Gasteiger partial charge in [-0.3, -0.25) is 9.78 Å². The second kappa shape index (κ2) is 9.93. The van der Waals surface area contributed by atoms with Gasteiger partial charge >= 0.3 is 0 Å². The van der Waals surface area contributed by atoms with Crippen LogP contribution in [-0.2, 0) is 13.0 Å². The number of nitrogens with zero attached hydrogens (tertiary/aromatic N) is 5. The van der Waals surface area contributed by atoms with Crippen LogP contribution in [0.15, 0.2) is 61.1 Å². The number of hydrogen-bond acceptors (Lipinski definition) is 7. The third-order valence-electron chi connectivity index (χ3n) is 5.73. The number of nitrogen functional groups attached to an aromatic ring is 1. The molecule has 1 amide bonds. The molecule has 0 saturated heterocycles. The number of fused-ring (bicyclic) bond motifs is 1. The molecule has 0 aliphatic rings. The fraction of sp³-hybridized carbons (Fsp3) is 0.269. The second-order valence-corrected chi connectivity index (χ2v) is 8.52. The highest BCUT2D eigenvalue weighted by Crippen LogP contribution is 2.25. The molecule has 8 nitrogen and oxygen atoms in total. The number of rotatable bonds is 7. The normalized spacial score (nSPS) is 12.9. The Bertz CT molecular complexity index is 1290. The number of carbonyl (C=O) groups excluding carboxylic acids is 1. The van der Waals surface area contributed by atoms with Crippen LogP contribution in [0.2, 0.25) is 0 Å². The number of aliphatic hydroxyl groups is 1. The fourth-order valence-corrected chi connectivity index (χ4v) is 3.83. The zero-order chi connectivity index (χ0) is 24.2. The number of aryl methyl sites for hydroxylation is 1. The topological polar surface area (TPSA) is 118 Å². The molecule has 4 aromatic rings. The van der Waals surface area contributed by atoms with Crippen LogP contribution in [0.25, 0.3) is 10.9 Å². The van der Waals surface area contributed by atoms with Gasteiger partial charge in [-0.2, -0.15) is 0 Å². The molecule has 0 spiro atoms. The van der Waals surface area contributed by atoms with Gasteiger partial charge in [0.25, 0.3) is 5.91 Å². The van der Waals surface area contributed by atoms with Gasteiger partial charge in [0.1, 0.15) is 11.6 Å². The van der Waals surface area contributed by atoms with Crippen molar-refractivity contribution in [3.63, 3.8) is 0 Å². The monoisotopic (exact) mass is 456 g/mol. The van der Waals surface area contributed by atoms with Crippen molar-refractivity contribution in [2.24, 2.45) is 0 Å². The number of nitrogens with two attached hydrogens (primary N) is 1. The van der Waals surface area contributed by atoms with Gasteiger partial charge in [0.2, 0.25) is 0 Å². The molecule has 0 fully saturated rings. The van der Waals surface area contributed by atoms with E-state index in [1.165, 1.54) is 0 Å².